The van der Waals surface area contributed by atoms with E-state index in [1.54, 1.807) is 42.7 Å². The molecule has 0 bridgehead atoms. The smallest absolute Gasteiger partial charge is 0.191 e. The van der Waals surface area contributed by atoms with E-state index in [4.69, 9.17) is 59.1 Å². The SMILES string of the molecule is COc1c2c3c4c(c1OC)N=Nc1c(OC)c(OC)c5c6c1C4C1(C)C3c3c(c(OC)c(OC)c(c3C61)N=N5)N=N2. The summed E-state index contributed by atoms with van der Waals surface area (Å²) in [6.07, 6.45) is 0. The van der Waals surface area contributed by atoms with Crippen molar-refractivity contribution < 1.29 is 28.4 Å². The van der Waals surface area contributed by atoms with Crippen LogP contribution < -0.4 is 28.4 Å². The topological polar surface area (TPSA) is 130 Å². The van der Waals surface area contributed by atoms with Crippen molar-refractivity contribution in [3.8, 4) is 34.5 Å². The highest BCUT2D eigenvalue weighted by Gasteiger charge is 2.71. The minimum Gasteiger partial charge on any atom is -0.491 e. The Kier molecular flexibility index (Phi) is 3.99. The van der Waals surface area contributed by atoms with Crippen LogP contribution in [-0.2, 0) is 0 Å². The van der Waals surface area contributed by atoms with Gasteiger partial charge in [0.15, 0.2) is 34.5 Å². The maximum absolute atomic E-state index is 5.96. The second-order valence-electron chi connectivity index (χ2n) is 11.0. The Hall–Kier alpha value is -4.74. The fourth-order valence-electron chi connectivity index (χ4n) is 8.73. The molecule has 9 rings (SSSR count). The molecule has 0 spiro atoms. The van der Waals surface area contributed by atoms with Gasteiger partial charge in [0.05, 0.1) is 42.7 Å². The Morgan fingerprint density at radius 2 is 0.537 bits per heavy atom. The molecule has 0 unspecified atom stereocenters. The molecule has 41 heavy (non-hydrogen) atoms. The lowest BCUT2D eigenvalue weighted by atomic mass is 9.70. The van der Waals surface area contributed by atoms with E-state index in [0.29, 0.717) is 68.6 Å². The summed E-state index contributed by atoms with van der Waals surface area (Å²) in [6, 6.07) is 0. The summed E-state index contributed by atoms with van der Waals surface area (Å²) in [5, 5.41) is 28.9. The standard InChI is InChI=1S/C29H24N6O6/c1-29-14-8-9-15(29)12-13-16(29)11-10(14)19-25(38-4)27(40-6)21(11)34-35-22(13)28(41-7)26(39-5)20(12)33-31-18(9)24(37-3)23(36-2)17(8)30-32-19/h14-16H,1-7H3. The summed E-state index contributed by atoms with van der Waals surface area (Å²) < 4.78 is 35.7. The van der Waals surface area contributed by atoms with E-state index in [-0.39, 0.29) is 17.8 Å². The van der Waals surface area contributed by atoms with Crippen molar-refractivity contribution >= 4 is 34.1 Å². The van der Waals surface area contributed by atoms with Crippen LogP contribution in [-0.4, -0.2) is 42.7 Å². The zero-order chi connectivity index (χ0) is 28.1. The van der Waals surface area contributed by atoms with Crippen LogP contribution in [0.2, 0.25) is 0 Å². The van der Waals surface area contributed by atoms with Gasteiger partial charge >= 0.3 is 0 Å². The van der Waals surface area contributed by atoms with Crippen LogP contribution in [0.5, 0.6) is 34.5 Å². The van der Waals surface area contributed by atoms with Gasteiger partial charge in [0.2, 0.25) is 0 Å². The van der Waals surface area contributed by atoms with Gasteiger partial charge in [-0.2, -0.15) is 0 Å². The lowest BCUT2D eigenvalue weighted by molar-refractivity contribution is 0.289. The molecule has 206 valence electrons. The lowest BCUT2D eigenvalue weighted by Crippen LogP contribution is -2.23. The normalized spacial score (nSPS) is 24.5. The Morgan fingerprint density at radius 3 is 0.683 bits per heavy atom. The molecule has 0 saturated carbocycles. The first-order valence-corrected chi connectivity index (χ1v) is 13.2. The third-order valence-electron chi connectivity index (χ3n) is 9.88. The van der Waals surface area contributed by atoms with Crippen molar-refractivity contribution in [2.45, 2.75) is 24.7 Å². The number of methoxy groups -OCH3 is 6. The first-order valence-electron chi connectivity index (χ1n) is 13.2. The van der Waals surface area contributed by atoms with Gasteiger partial charge < -0.3 is 28.4 Å². The van der Waals surface area contributed by atoms with Crippen LogP contribution in [0.1, 0.15) is 58.1 Å². The monoisotopic (exact) mass is 552 g/mol. The van der Waals surface area contributed by atoms with Crippen LogP contribution in [0.15, 0.2) is 30.7 Å². The first-order chi connectivity index (χ1) is 20.0. The van der Waals surface area contributed by atoms with Crippen molar-refractivity contribution in [1.29, 1.82) is 0 Å². The molecule has 0 N–H and O–H groups in total. The molecular formula is C29H24N6O6. The second-order valence-corrected chi connectivity index (χ2v) is 11.0. The third kappa shape index (κ3) is 2.10. The summed E-state index contributed by atoms with van der Waals surface area (Å²) in [4.78, 5) is 0. The molecule has 3 aliphatic heterocycles. The van der Waals surface area contributed by atoms with Crippen molar-refractivity contribution in [3.05, 3.63) is 33.4 Å². The van der Waals surface area contributed by atoms with Crippen LogP contribution in [0.3, 0.4) is 0 Å². The molecule has 0 fully saturated rings. The van der Waals surface area contributed by atoms with E-state index in [0.717, 1.165) is 33.4 Å². The van der Waals surface area contributed by atoms with Crippen molar-refractivity contribution in [2.24, 2.45) is 36.1 Å². The fourth-order valence-corrected chi connectivity index (χ4v) is 8.73. The molecule has 0 atom stereocenters. The number of hydrogen-bond acceptors (Lipinski definition) is 12. The Labute approximate surface area is 234 Å². The van der Waals surface area contributed by atoms with E-state index < -0.39 is 5.41 Å². The molecule has 0 saturated heterocycles. The maximum atomic E-state index is 5.96. The first kappa shape index (κ1) is 23.0. The number of nitrogens with zero attached hydrogens (tertiary/aromatic N) is 6. The van der Waals surface area contributed by atoms with E-state index in [9.17, 15) is 0 Å². The average Bonchev–Trinajstić information content (AvgIpc) is 3.28. The van der Waals surface area contributed by atoms with Gasteiger partial charge in [0.1, 0.15) is 34.1 Å². The van der Waals surface area contributed by atoms with E-state index in [1.807, 2.05) is 0 Å². The number of azo groups is 3. The largest absolute Gasteiger partial charge is 0.491 e. The molecule has 3 heterocycles. The number of benzene rings is 3. The lowest BCUT2D eigenvalue weighted by Gasteiger charge is -2.31. The summed E-state index contributed by atoms with van der Waals surface area (Å²) >= 11 is 0. The van der Waals surface area contributed by atoms with Crippen molar-refractivity contribution in [1.82, 2.24) is 0 Å². The highest BCUT2D eigenvalue weighted by atomic mass is 16.5. The molecule has 3 aliphatic carbocycles. The van der Waals surface area contributed by atoms with E-state index in [2.05, 4.69) is 6.92 Å². The molecule has 12 heteroatoms. The molecule has 0 radical (unpaired) electrons. The second kappa shape index (κ2) is 7.12. The predicted molar refractivity (Wildman–Crippen MR) is 145 cm³/mol. The number of ether oxygens (including phenoxy) is 6. The maximum Gasteiger partial charge on any atom is 0.191 e. The summed E-state index contributed by atoms with van der Waals surface area (Å²) in [7, 11) is 9.60. The zero-order valence-corrected chi connectivity index (χ0v) is 23.4. The Morgan fingerprint density at radius 1 is 0.366 bits per heavy atom. The summed E-state index contributed by atoms with van der Waals surface area (Å²) in [5.74, 6) is 2.35. The van der Waals surface area contributed by atoms with E-state index in [1.165, 1.54) is 0 Å². The van der Waals surface area contributed by atoms with Crippen LogP contribution in [0.4, 0.5) is 34.1 Å². The molecule has 3 aromatic rings. The van der Waals surface area contributed by atoms with Crippen LogP contribution in [0, 0.1) is 5.41 Å². The fraction of sp³-hybridized carbons (Fsp3) is 0.379. The Bertz CT molecular complexity index is 1570. The third-order valence-corrected chi connectivity index (χ3v) is 9.88. The molecule has 3 aromatic carbocycles. The molecule has 6 aliphatic rings. The highest BCUT2D eigenvalue weighted by molar-refractivity contribution is 5.96. The molecule has 12 nitrogen and oxygen atoms in total. The summed E-state index contributed by atoms with van der Waals surface area (Å²) in [5.41, 5.74) is 9.38. The van der Waals surface area contributed by atoms with Gasteiger partial charge in [0, 0.05) is 23.2 Å². The van der Waals surface area contributed by atoms with Crippen LogP contribution >= 0.6 is 0 Å². The minimum atomic E-state index is -0.421. The minimum absolute atomic E-state index is 0.133. The summed E-state index contributed by atoms with van der Waals surface area (Å²) in [6.45, 7) is 2.32. The van der Waals surface area contributed by atoms with Gasteiger partial charge in [-0.15, -0.1) is 30.7 Å². The van der Waals surface area contributed by atoms with E-state index >= 15 is 0 Å². The Balaban J connectivity index is 1.61. The predicted octanol–water partition coefficient (Wildman–Crippen LogP) is 7.67. The van der Waals surface area contributed by atoms with Crippen molar-refractivity contribution in [2.75, 3.05) is 42.7 Å². The van der Waals surface area contributed by atoms with Gasteiger partial charge in [-0.3, -0.25) is 0 Å². The molecule has 0 amide bonds. The zero-order valence-electron chi connectivity index (χ0n) is 23.4. The van der Waals surface area contributed by atoms with Gasteiger partial charge in [-0.25, -0.2) is 0 Å². The molecule has 0 aromatic heterocycles. The number of hydrogen-bond donors (Lipinski definition) is 0. The molecular weight excluding hydrogens is 528 g/mol. The highest BCUT2D eigenvalue weighted by Crippen LogP contribution is 2.85. The van der Waals surface area contributed by atoms with Crippen LogP contribution in [0.25, 0.3) is 0 Å². The van der Waals surface area contributed by atoms with Crippen molar-refractivity contribution in [3.63, 3.8) is 0 Å². The van der Waals surface area contributed by atoms with Gasteiger partial charge in [-0.05, 0) is 33.4 Å². The number of rotatable bonds is 6. The quantitative estimate of drug-likeness (QED) is 0.241. The van der Waals surface area contributed by atoms with Gasteiger partial charge in [0.25, 0.3) is 0 Å². The van der Waals surface area contributed by atoms with Gasteiger partial charge in [-0.1, -0.05) is 6.92 Å². The average molecular weight is 553 g/mol.